The molecular weight excluding hydrogens is 470 g/mol. The van der Waals surface area contributed by atoms with Gasteiger partial charge in [0.25, 0.3) is 5.91 Å². The first kappa shape index (κ1) is 24.4. The van der Waals surface area contributed by atoms with Gasteiger partial charge in [0.05, 0.1) is 25.2 Å². The molecule has 0 radical (unpaired) electrons. The molecule has 184 valence electrons. The molecule has 4 rings (SSSR count). The van der Waals surface area contributed by atoms with Gasteiger partial charge in [-0.2, -0.15) is 13.1 Å². The van der Waals surface area contributed by atoms with Gasteiger partial charge in [-0.15, -0.1) is 0 Å². The first-order valence-electron chi connectivity index (χ1n) is 10.9. The van der Waals surface area contributed by atoms with E-state index in [1.54, 1.807) is 17.0 Å². The zero-order chi connectivity index (χ0) is 24.3. The molecule has 8 nitrogen and oxygen atoms in total. The maximum atomic E-state index is 13.3. The number of rotatable bonds is 9. The van der Waals surface area contributed by atoms with Gasteiger partial charge < -0.3 is 19.1 Å². The van der Waals surface area contributed by atoms with Gasteiger partial charge in [0.2, 0.25) is 10.0 Å². The van der Waals surface area contributed by atoms with E-state index in [2.05, 4.69) is 4.74 Å². The standard InChI is InChI=1S/C23H26F2N2O6S/c1-31-21-14-16(2-9-20(21)33-23(24)25)15-27(18-5-6-18)22(28)17-3-7-19(8-4-17)34(29,30)26-10-12-32-13-11-26/h2-4,7-9,14,18,23H,5-6,10-13,15H2,1H3. The predicted molar refractivity (Wildman–Crippen MR) is 119 cm³/mol. The van der Waals surface area contributed by atoms with Crippen LogP contribution in [-0.4, -0.2) is 69.6 Å². The van der Waals surface area contributed by atoms with Crippen LogP contribution in [0.2, 0.25) is 0 Å². The van der Waals surface area contributed by atoms with Gasteiger partial charge in [-0.3, -0.25) is 4.79 Å². The largest absolute Gasteiger partial charge is 0.493 e. The highest BCUT2D eigenvalue weighted by molar-refractivity contribution is 7.89. The Balaban J connectivity index is 1.50. The van der Waals surface area contributed by atoms with Crippen LogP contribution in [0.3, 0.4) is 0 Å². The fourth-order valence-corrected chi connectivity index (χ4v) is 5.23. The summed E-state index contributed by atoms with van der Waals surface area (Å²) in [7, 11) is -2.29. The highest BCUT2D eigenvalue weighted by Crippen LogP contribution is 2.33. The van der Waals surface area contributed by atoms with Gasteiger partial charge >= 0.3 is 6.61 Å². The molecule has 0 aromatic heterocycles. The number of benzene rings is 2. The second-order valence-corrected chi connectivity index (χ2v) is 10.0. The summed E-state index contributed by atoms with van der Waals surface area (Å²) >= 11 is 0. The summed E-state index contributed by atoms with van der Waals surface area (Å²) in [6.45, 7) is -1.42. The molecule has 11 heteroatoms. The molecule has 1 saturated heterocycles. The molecule has 0 atom stereocenters. The highest BCUT2D eigenvalue weighted by Gasteiger charge is 2.34. The number of nitrogens with zero attached hydrogens (tertiary/aromatic N) is 2. The van der Waals surface area contributed by atoms with Crippen LogP contribution in [0.15, 0.2) is 47.4 Å². The molecule has 1 heterocycles. The highest BCUT2D eigenvalue weighted by atomic mass is 32.2. The van der Waals surface area contributed by atoms with Crippen molar-refractivity contribution in [1.29, 1.82) is 0 Å². The third-order valence-electron chi connectivity index (χ3n) is 5.75. The molecule has 2 aliphatic rings. The van der Waals surface area contributed by atoms with E-state index in [1.807, 2.05) is 0 Å². The minimum absolute atomic E-state index is 0.0623. The Kier molecular flexibility index (Phi) is 7.34. The third kappa shape index (κ3) is 5.48. The SMILES string of the molecule is COc1cc(CN(C(=O)c2ccc(S(=O)(=O)N3CCOCC3)cc2)C2CC2)ccc1OC(F)F. The van der Waals surface area contributed by atoms with E-state index in [9.17, 15) is 22.0 Å². The van der Waals surface area contributed by atoms with Crippen molar-refractivity contribution < 1.29 is 36.2 Å². The summed E-state index contributed by atoms with van der Waals surface area (Å²) in [4.78, 5) is 15.1. The fraction of sp³-hybridized carbons (Fsp3) is 0.435. The molecule has 0 N–H and O–H groups in total. The van der Waals surface area contributed by atoms with Crippen molar-refractivity contribution in [3.63, 3.8) is 0 Å². The minimum Gasteiger partial charge on any atom is -0.493 e. The second-order valence-electron chi connectivity index (χ2n) is 8.07. The van der Waals surface area contributed by atoms with Crippen LogP contribution in [0.4, 0.5) is 8.78 Å². The fourth-order valence-electron chi connectivity index (χ4n) is 3.82. The van der Waals surface area contributed by atoms with E-state index >= 15 is 0 Å². The Hall–Kier alpha value is -2.76. The van der Waals surface area contributed by atoms with Gasteiger partial charge in [0.15, 0.2) is 11.5 Å². The molecule has 2 fully saturated rings. The summed E-state index contributed by atoms with van der Waals surface area (Å²) in [5.74, 6) is -0.161. The number of carbonyl (C=O) groups excluding carboxylic acids is 1. The lowest BCUT2D eigenvalue weighted by Gasteiger charge is -2.26. The molecular formula is C23H26F2N2O6S. The molecule has 0 bridgehead atoms. The molecule has 1 aliphatic carbocycles. The molecule has 1 amide bonds. The summed E-state index contributed by atoms with van der Waals surface area (Å²) in [6, 6.07) is 10.6. The van der Waals surface area contributed by atoms with E-state index in [4.69, 9.17) is 9.47 Å². The minimum atomic E-state index is -3.65. The van der Waals surface area contributed by atoms with Crippen LogP contribution in [0, 0.1) is 0 Å². The van der Waals surface area contributed by atoms with Crippen LogP contribution in [0.25, 0.3) is 0 Å². The lowest BCUT2D eigenvalue weighted by molar-refractivity contribution is -0.0512. The number of methoxy groups -OCH3 is 1. The van der Waals surface area contributed by atoms with Gasteiger partial charge in [0.1, 0.15) is 0 Å². The number of amides is 1. The number of sulfonamides is 1. The van der Waals surface area contributed by atoms with Crippen molar-refractivity contribution in [2.75, 3.05) is 33.4 Å². The van der Waals surface area contributed by atoms with Crippen molar-refractivity contribution in [2.45, 2.75) is 36.9 Å². The van der Waals surface area contributed by atoms with Gasteiger partial charge in [-0.05, 0) is 54.8 Å². The van der Waals surface area contributed by atoms with E-state index in [-0.39, 0.29) is 34.9 Å². The molecule has 1 saturated carbocycles. The Bertz CT molecular complexity index is 1120. The maximum Gasteiger partial charge on any atom is 0.387 e. The van der Waals surface area contributed by atoms with Crippen molar-refractivity contribution in [3.8, 4) is 11.5 Å². The van der Waals surface area contributed by atoms with Crippen LogP contribution >= 0.6 is 0 Å². The summed E-state index contributed by atoms with van der Waals surface area (Å²) in [5, 5.41) is 0. The van der Waals surface area contributed by atoms with Crippen molar-refractivity contribution >= 4 is 15.9 Å². The predicted octanol–water partition coefficient (Wildman–Crippen LogP) is 3.12. The topological polar surface area (TPSA) is 85.4 Å². The van der Waals surface area contributed by atoms with Gasteiger partial charge in [-0.25, -0.2) is 8.42 Å². The number of ether oxygens (including phenoxy) is 3. The number of alkyl halides is 2. The third-order valence-corrected chi connectivity index (χ3v) is 7.67. The van der Waals surface area contributed by atoms with E-state index in [0.29, 0.717) is 37.4 Å². The van der Waals surface area contributed by atoms with Crippen LogP contribution in [0.5, 0.6) is 11.5 Å². The molecule has 34 heavy (non-hydrogen) atoms. The average Bonchev–Trinajstić information content (AvgIpc) is 3.68. The van der Waals surface area contributed by atoms with E-state index in [1.165, 1.54) is 41.7 Å². The molecule has 2 aromatic carbocycles. The normalized spacial score (nSPS) is 16.9. The molecule has 1 aliphatic heterocycles. The second kappa shape index (κ2) is 10.2. The van der Waals surface area contributed by atoms with Gasteiger partial charge in [-0.1, -0.05) is 6.07 Å². The number of morpholine rings is 1. The van der Waals surface area contributed by atoms with Crippen LogP contribution in [-0.2, 0) is 21.3 Å². The monoisotopic (exact) mass is 496 g/mol. The van der Waals surface area contributed by atoms with Crippen molar-refractivity contribution in [3.05, 3.63) is 53.6 Å². The smallest absolute Gasteiger partial charge is 0.387 e. The first-order valence-corrected chi connectivity index (χ1v) is 12.3. The molecule has 0 unspecified atom stereocenters. The number of halogens is 2. The van der Waals surface area contributed by atoms with E-state index < -0.39 is 16.6 Å². The number of carbonyl (C=O) groups is 1. The van der Waals surface area contributed by atoms with Crippen LogP contribution in [0.1, 0.15) is 28.8 Å². The molecule has 2 aromatic rings. The maximum absolute atomic E-state index is 13.3. The molecule has 0 spiro atoms. The number of hydrogen-bond donors (Lipinski definition) is 0. The van der Waals surface area contributed by atoms with Crippen molar-refractivity contribution in [2.24, 2.45) is 0 Å². The summed E-state index contributed by atoms with van der Waals surface area (Å²) < 4.78 is 67.0. The Morgan fingerprint density at radius 2 is 1.79 bits per heavy atom. The zero-order valence-corrected chi connectivity index (χ0v) is 19.5. The summed E-state index contributed by atoms with van der Waals surface area (Å²) in [5.41, 5.74) is 1.07. The zero-order valence-electron chi connectivity index (χ0n) is 18.7. The average molecular weight is 497 g/mol. The van der Waals surface area contributed by atoms with E-state index in [0.717, 1.165) is 12.8 Å². The van der Waals surface area contributed by atoms with Gasteiger partial charge in [0, 0.05) is 31.2 Å². The van der Waals surface area contributed by atoms with Crippen LogP contribution < -0.4 is 9.47 Å². The van der Waals surface area contributed by atoms with Crippen molar-refractivity contribution in [1.82, 2.24) is 9.21 Å². The Morgan fingerprint density at radius 3 is 2.38 bits per heavy atom. The quantitative estimate of drug-likeness (QED) is 0.530. The summed E-state index contributed by atoms with van der Waals surface area (Å²) in [6.07, 6.45) is 1.72. The lowest BCUT2D eigenvalue weighted by atomic mass is 10.1. The lowest BCUT2D eigenvalue weighted by Crippen LogP contribution is -2.40. The Labute approximate surface area is 197 Å². The number of hydrogen-bond acceptors (Lipinski definition) is 6. The first-order chi connectivity index (χ1) is 16.3. The Morgan fingerprint density at radius 1 is 1.12 bits per heavy atom.